The first-order chi connectivity index (χ1) is 24.0. The topological polar surface area (TPSA) is 292 Å². The van der Waals surface area contributed by atoms with E-state index in [1.807, 2.05) is 0 Å². The van der Waals surface area contributed by atoms with Crippen LogP contribution in [0.4, 0.5) is 0 Å². The van der Waals surface area contributed by atoms with Crippen molar-refractivity contribution < 1.29 is 48.9 Å². The zero-order valence-corrected chi connectivity index (χ0v) is 29.7. The third-order valence-corrected chi connectivity index (χ3v) is 7.70. The van der Waals surface area contributed by atoms with Crippen molar-refractivity contribution in [2.45, 2.75) is 109 Å². The van der Waals surface area contributed by atoms with Crippen LogP contribution in [0.5, 0.6) is 0 Å². The predicted molar refractivity (Wildman–Crippen MR) is 187 cm³/mol. The average molecular weight is 722 g/mol. The molecule has 286 valence electrons. The predicted octanol–water partition coefficient (Wildman–Crippen LogP) is -1.25. The highest BCUT2D eigenvalue weighted by molar-refractivity contribution is 5.97. The van der Waals surface area contributed by atoms with Crippen LogP contribution in [0.3, 0.4) is 0 Å². The number of nitrogens with two attached hydrogens (primary N) is 2. The molecule has 0 aliphatic heterocycles. The smallest absolute Gasteiger partial charge is 0.326 e. The van der Waals surface area contributed by atoms with Crippen molar-refractivity contribution in [3.63, 3.8) is 0 Å². The number of benzene rings is 1. The highest BCUT2D eigenvalue weighted by Crippen LogP contribution is 2.11. The summed E-state index contributed by atoms with van der Waals surface area (Å²) in [7, 11) is 0. The van der Waals surface area contributed by atoms with Gasteiger partial charge >= 0.3 is 11.9 Å². The van der Waals surface area contributed by atoms with Gasteiger partial charge in [-0.2, -0.15) is 0 Å². The van der Waals surface area contributed by atoms with Crippen LogP contribution in [0.15, 0.2) is 30.3 Å². The molecule has 0 aliphatic carbocycles. The third kappa shape index (κ3) is 17.2. The summed E-state index contributed by atoms with van der Waals surface area (Å²) >= 11 is 0. The van der Waals surface area contributed by atoms with E-state index in [2.05, 4.69) is 26.6 Å². The third-order valence-electron chi connectivity index (χ3n) is 7.70. The average Bonchev–Trinajstić information content (AvgIpc) is 3.05. The van der Waals surface area contributed by atoms with Gasteiger partial charge in [0.15, 0.2) is 0 Å². The van der Waals surface area contributed by atoms with E-state index >= 15 is 0 Å². The Balaban J connectivity index is 3.25. The van der Waals surface area contributed by atoms with E-state index < -0.39 is 90.8 Å². The quantitative estimate of drug-likeness (QED) is 0.0561. The maximum atomic E-state index is 13.6. The first kappa shape index (κ1) is 44.4. The number of carboxylic acid groups (broad SMARTS) is 2. The molecule has 0 radical (unpaired) electrons. The van der Waals surface area contributed by atoms with Crippen LogP contribution in [0, 0.1) is 11.8 Å². The van der Waals surface area contributed by atoms with E-state index in [1.54, 1.807) is 58.0 Å². The standard InChI is InChI=1S/C34H55N7O10/c1-19(2)14-24(38-29(45)22(36)18-42)31(47)39-25(15-20(3)4)32(48)40-26(17-28(43)44)33(49)37-23(12-8-9-13-35)30(46)41-27(34(50)51)16-21-10-6-5-7-11-21/h5-7,10-11,19-20,22-27,42H,8-9,12-18,35-36H2,1-4H3,(H,37,49)(H,38,45)(H,39,47)(H,40,48)(H,41,46)(H,43,44)(H,50,51). The largest absolute Gasteiger partial charge is 0.481 e. The second-order valence-electron chi connectivity index (χ2n) is 13.3. The number of amides is 5. The summed E-state index contributed by atoms with van der Waals surface area (Å²) in [5, 5.41) is 40.9. The molecule has 6 atom stereocenters. The summed E-state index contributed by atoms with van der Waals surface area (Å²) < 4.78 is 0. The van der Waals surface area contributed by atoms with Gasteiger partial charge in [0, 0.05) is 6.42 Å². The van der Waals surface area contributed by atoms with Gasteiger partial charge in [-0.15, -0.1) is 0 Å². The molecule has 5 amide bonds. The van der Waals surface area contributed by atoms with Crippen LogP contribution < -0.4 is 38.1 Å². The highest BCUT2D eigenvalue weighted by Gasteiger charge is 2.34. The molecular formula is C34H55N7O10. The zero-order valence-electron chi connectivity index (χ0n) is 29.7. The van der Waals surface area contributed by atoms with Crippen LogP contribution in [0.2, 0.25) is 0 Å². The van der Waals surface area contributed by atoms with Crippen molar-refractivity contribution in [3.05, 3.63) is 35.9 Å². The Labute approximate surface area is 298 Å². The molecule has 51 heavy (non-hydrogen) atoms. The molecule has 1 rings (SSSR count). The van der Waals surface area contributed by atoms with Crippen molar-refractivity contribution >= 4 is 41.5 Å². The van der Waals surface area contributed by atoms with Gasteiger partial charge < -0.3 is 53.4 Å². The second kappa shape index (κ2) is 23.0. The number of hydrogen-bond acceptors (Lipinski definition) is 10. The van der Waals surface area contributed by atoms with Crippen LogP contribution in [-0.2, 0) is 40.0 Å². The molecule has 1 aromatic carbocycles. The molecule has 0 fully saturated rings. The Bertz CT molecular complexity index is 1310. The van der Waals surface area contributed by atoms with Crippen LogP contribution in [0.25, 0.3) is 0 Å². The molecule has 12 N–H and O–H groups in total. The molecule has 17 nitrogen and oxygen atoms in total. The van der Waals surface area contributed by atoms with Crippen molar-refractivity contribution in [2.75, 3.05) is 13.2 Å². The summed E-state index contributed by atoms with van der Waals surface area (Å²) in [5.41, 5.74) is 11.8. The van der Waals surface area contributed by atoms with Gasteiger partial charge in [0.05, 0.1) is 13.0 Å². The first-order valence-electron chi connectivity index (χ1n) is 17.1. The number of carbonyl (C=O) groups excluding carboxylic acids is 5. The Morgan fingerprint density at radius 3 is 1.57 bits per heavy atom. The van der Waals surface area contributed by atoms with Gasteiger partial charge in [-0.25, -0.2) is 4.79 Å². The molecular weight excluding hydrogens is 666 g/mol. The van der Waals surface area contributed by atoms with Gasteiger partial charge in [0.2, 0.25) is 29.5 Å². The summed E-state index contributed by atoms with van der Waals surface area (Å²) in [6.45, 7) is 6.78. The fourth-order valence-electron chi connectivity index (χ4n) is 5.05. The fourth-order valence-corrected chi connectivity index (χ4v) is 5.05. The number of unbranched alkanes of at least 4 members (excludes halogenated alkanes) is 1. The maximum absolute atomic E-state index is 13.6. The van der Waals surface area contributed by atoms with E-state index in [9.17, 15) is 48.9 Å². The molecule has 6 unspecified atom stereocenters. The Morgan fingerprint density at radius 1 is 0.647 bits per heavy atom. The number of nitrogens with one attached hydrogen (secondary N) is 5. The lowest BCUT2D eigenvalue weighted by atomic mass is 9.99. The SMILES string of the molecule is CC(C)CC(NC(=O)C(N)CO)C(=O)NC(CC(C)C)C(=O)NC(CC(=O)O)C(=O)NC(CCCCN)C(=O)NC(Cc1ccccc1)C(=O)O. The van der Waals surface area contributed by atoms with Gasteiger partial charge in [0.25, 0.3) is 0 Å². The van der Waals surface area contributed by atoms with Crippen molar-refractivity contribution in [2.24, 2.45) is 23.3 Å². The van der Waals surface area contributed by atoms with Gasteiger partial charge in [-0.05, 0) is 56.0 Å². The summed E-state index contributed by atoms with van der Waals surface area (Å²) in [5.74, 6) is -7.24. The summed E-state index contributed by atoms with van der Waals surface area (Å²) in [6.07, 6.45) is 0.186. The lowest BCUT2D eigenvalue weighted by Gasteiger charge is -2.28. The normalized spacial score (nSPS) is 14.7. The van der Waals surface area contributed by atoms with E-state index in [0.29, 0.717) is 18.4 Å². The minimum Gasteiger partial charge on any atom is -0.481 e. The first-order valence-corrected chi connectivity index (χ1v) is 17.1. The number of carboxylic acids is 2. The minimum absolute atomic E-state index is 0.0368. The summed E-state index contributed by atoms with van der Waals surface area (Å²) in [6, 6.07) is 0.586. The number of rotatable bonds is 24. The minimum atomic E-state index is -1.69. The molecule has 0 saturated heterocycles. The van der Waals surface area contributed by atoms with Crippen molar-refractivity contribution in [1.29, 1.82) is 0 Å². The van der Waals surface area contributed by atoms with E-state index in [-0.39, 0.29) is 44.1 Å². The van der Waals surface area contributed by atoms with Crippen LogP contribution in [-0.4, -0.2) is 106 Å². The number of aliphatic carboxylic acids is 2. The Kier molecular flexibility index (Phi) is 20.0. The molecule has 17 heteroatoms. The van der Waals surface area contributed by atoms with Gasteiger partial charge in [0.1, 0.15) is 36.3 Å². The Hall–Kier alpha value is -4.61. The fraction of sp³-hybridized carbons (Fsp3) is 0.618. The number of aliphatic hydroxyl groups excluding tert-OH is 1. The molecule has 0 bridgehead atoms. The molecule has 0 saturated carbocycles. The monoisotopic (exact) mass is 721 g/mol. The molecule has 1 aromatic rings. The lowest BCUT2D eigenvalue weighted by Crippen LogP contribution is -2.60. The van der Waals surface area contributed by atoms with Crippen LogP contribution >= 0.6 is 0 Å². The van der Waals surface area contributed by atoms with Crippen molar-refractivity contribution in [1.82, 2.24) is 26.6 Å². The van der Waals surface area contributed by atoms with E-state index in [4.69, 9.17) is 11.5 Å². The lowest BCUT2D eigenvalue weighted by molar-refractivity contribution is -0.143. The zero-order chi connectivity index (χ0) is 38.7. The van der Waals surface area contributed by atoms with Crippen LogP contribution in [0.1, 0.15) is 71.8 Å². The van der Waals surface area contributed by atoms with E-state index in [1.165, 1.54) is 0 Å². The molecule has 0 heterocycles. The maximum Gasteiger partial charge on any atom is 0.326 e. The van der Waals surface area contributed by atoms with Gasteiger partial charge in [-0.3, -0.25) is 28.8 Å². The molecule has 0 aromatic heterocycles. The van der Waals surface area contributed by atoms with Gasteiger partial charge in [-0.1, -0.05) is 58.0 Å². The van der Waals surface area contributed by atoms with E-state index in [0.717, 1.165) is 0 Å². The highest BCUT2D eigenvalue weighted by atomic mass is 16.4. The van der Waals surface area contributed by atoms with Crippen molar-refractivity contribution in [3.8, 4) is 0 Å². The number of hydrogen-bond donors (Lipinski definition) is 10. The molecule has 0 aliphatic rings. The second-order valence-corrected chi connectivity index (χ2v) is 13.3. The number of aliphatic hydroxyl groups is 1. The summed E-state index contributed by atoms with van der Waals surface area (Å²) in [4.78, 5) is 89.9. The molecule has 0 spiro atoms. The Morgan fingerprint density at radius 2 is 1.10 bits per heavy atom. The number of carbonyl (C=O) groups is 7.